The van der Waals surface area contributed by atoms with E-state index in [2.05, 4.69) is 4.98 Å². The zero-order valence-corrected chi connectivity index (χ0v) is 15.7. The van der Waals surface area contributed by atoms with Crippen molar-refractivity contribution in [3.8, 4) is 0 Å². The van der Waals surface area contributed by atoms with Crippen LogP contribution in [0.1, 0.15) is 50.7 Å². The number of aryl methyl sites for hydroxylation is 1. The molecule has 0 radical (unpaired) electrons. The van der Waals surface area contributed by atoms with Crippen molar-refractivity contribution in [3.05, 3.63) is 35.5 Å². The molecule has 0 bridgehead atoms. The SMILES string of the molecule is CCOC(=O)c1nc2ccc(B3OC(C)(C)C(C)(C)O3)cc2cc1C. The van der Waals surface area contributed by atoms with E-state index in [4.69, 9.17) is 14.0 Å². The summed E-state index contributed by atoms with van der Waals surface area (Å²) in [5, 5.41) is 0.942. The third-order valence-corrected chi connectivity index (χ3v) is 5.02. The number of fused-ring (bicyclic) bond motifs is 1. The molecule has 0 aliphatic carbocycles. The number of nitrogens with zero attached hydrogens (tertiary/aromatic N) is 1. The number of pyridine rings is 1. The molecule has 2 heterocycles. The molecule has 0 amide bonds. The molecule has 0 atom stereocenters. The zero-order chi connectivity index (χ0) is 18.4. The quantitative estimate of drug-likeness (QED) is 0.634. The average Bonchev–Trinajstić information content (AvgIpc) is 2.74. The highest BCUT2D eigenvalue weighted by Gasteiger charge is 2.51. The summed E-state index contributed by atoms with van der Waals surface area (Å²) >= 11 is 0. The van der Waals surface area contributed by atoms with Crippen molar-refractivity contribution < 1.29 is 18.8 Å². The summed E-state index contributed by atoms with van der Waals surface area (Å²) in [6.07, 6.45) is 0. The van der Waals surface area contributed by atoms with Gasteiger partial charge in [-0.25, -0.2) is 9.78 Å². The number of hydrogen-bond donors (Lipinski definition) is 0. The second-order valence-corrected chi connectivity index (χ2v) is 7.41. The predicted molar refractivity (Wildman–Crippen MR) is 98.2 cm³/mol. The van der Waals surface area contributed by atoms with Crippen LogP contribution in [0.25, 0.3) is 10.9 Å². The fraction of sp³-hybridized carbons (Fsp3) is 0.474. The number of aromatic nitrogens is 1. The van der Waals surface area contributed by atoms with Crippen LogP contribution in [0.5, 0.6) is 0 Å². The van der Waals surface area contributed by atoms with Gasteiger partial charge in [0.2, 0.25) is 0 Å². The summed E-state index contributed by atoms with van der Waals surface area (Å²) < 4.78 is 17.3. The van der Waals surface area contributed by atoms with Crippen LogP contribution >= 0.6 is 0 Å². The Kier molecular flexibility index (Phi) is 4.37. The third-order valence-electron chi connectivity index (χ3n) is 5.02. The summed E-state index contributed by atoms with van der Waals surface area (Å²) in [7, 11) is -0.417. The summed E-state index contributed by atoms with van der Waals surface area (Å²) in [5.41, 5.74) is 2.07. The molecular weight excluding hydrogens is 317 g/mol. The van der Waals surface area contributed by atoms with Crippen molar-refractivity contribution >= 4 is 29.5 Å². The van der Waals surface area contributed by atoms with E-state index in [1.807, 2.05) is 58.9 Å². The van der Waals surface area contributed by atoms with Crippen molar-refractivity contribution in [3.63, 3.8) is 0 Å². The number of hydrogen-bond acceptors (Lipinski definition) is 5. The fourth-order valence-corrected chi connectivity index (χ4v) is 2.83. The number of esters is 1. The number of rotatable bonds is 3. The topological polar surface area (TPSA) is 57.7 Å². The minimum Gasteiger partial charge on any atom is -0.461 e. The van der Waals surface area contributed by atoms with Crippen LogP contribution in [-0.2, 0) is 14.0 Å². The van der Waals surface area contributed by atoms with Gasteiger partial charge in [0, 0.05) is 5.39 Å². The van der Waals surface area contributed by atoms with Crippen LogP contribution in [0.2, 0.25) is 0 Å². The summed E-state index contributed by atoms with van der Waals surface area (Å²) in [6.45, 7) is 12.1. The average molecular weight is 341 g/mol. The molecule has 2 aromatic rings. The molecule has 3 rings (SSSR count). The number of ether oxygens (including phenoxy) is 1. The molecule has 1 aliphatic rings. The second-order valence-electron chi connectivity index (χ2n) is 7.41. The first kappa shape index (κ1) is 17.9. The van der Waals surface area contributed by atoms with Gasteiger partial charge >= 0.3 is 13.1 Å². The Balaban J connectivity index is 1.96. The van der Waals surface area contributed by atoms with E-state index < -0.39 is 13.1 Å². The van der Waals surface area contributed by atoms with Crippen LogP contribution in [0.3, 0.4) is 0 Å². The molecule has 25 heavy (non-hydrogen) atoms. The zero-order valence-electron chi connectivity index (χ0n) is 15.7. The van der Waals surface area contributed by atoms with E-state index in [-0.39, 0.29) is 11.2 Å². The minimum atomic E-state index is -0.417. The Morgan fingerprint density at radius 3 is 2.40 bits per heavy atom. The Morgan fingerprint density at radius 2 is 1.80 bits per heavy atom. The second kappa shape index (κ2) is 6.11. The lowest BCUT2D eigenvalue weighted by atomic mass is 9.78. The van der Waals surface area contributed by atoms with Gasteiger partial charge in [0.05, 0.1) is 23.3 Å². The first-order valence-electron chi connectivity index (χ1n) is 8.58. The smallest absolute Gasteiger partial charge is 0.461 e. The molecule has 0 saturated carbocycles. The molecule has 0 N–H and O–H groups in total. The van der Waals surface area contributed by atoms with Gasteiger partial charge in [-0.2, -0.15) is 0 Å². The summed E-state index contributed by atoms with van der Waals surface area (Å²) in [5.74, 6) is -0.392. The Labute approximate surface area is 148 Å². The van der Waals surface area contributed by atoms with Gasteiger partial charge in [0.25, 0.3) is 0 Å². The number of carbonyl (C=O) groups is 1. The molecule has 0 unspecified atom stereocenters. The van der Waals surface area contributed by atoms with E-state index in [1.54, 1.807) is 6.92 Å². The lowest BCUT2D eigenvalue weighted by Crippen LogP contribution is -2.41. The van der Waals surface area contributed by atoms with Gasteiger partial charge in [0.15, 0.2) is 5.69 Å². The van der Waals surface area contributed by atoms with Crippen molar-refractivity contribution in [1.82, 2.24) is 4.98 Å². The highest BCUT2D eigenvalue weighted by Crippen LogP contribution is 2.36. The highest BCUT2D eigenvalue weighted by molar-refractivity contribution is 6.62. The van der Waals surface area contributed by atoms with Gasteiger partial charge in [-0.1, -0.05) is 12.1 Å². The van der Waals surface area contributed by atoms with Crippen LogP contribution < -0.4 is 5.46 Å². The summed E-state index contributed by atoms with van der Waals surface area (Å²) in [6, 6.07) is 7.77. The van der Waals surface area contributed by atoms with E-state index in [0.717, 1.165) is 21.9 Å². The van der Waals surface area contributed by atoms with E-state index >= 15 is 0 Å². The van der Waals surface area contributed by atoms with Gasteiger partial charge in [0.1, 0.15) is 0 Å². The maximum Gasteiger partial charge on any atom is 0.494 e. The lowest BCUT2D eigenvalue weighted by molar-refractivity contribution is 0.00578. The lowest BCUT2D eigenvalue weighted by Gasteiger charge is -2.32. The normalized spacial score (nSPS) is 18.6. The first-order valence-corrected chi connectivity index (χ1v) is 8.58. The monoisotopic (exact) mass is 341 g/mol. The fourth-order valence-electron chi connectivity index (χ4n) is 2.83. The molecule has 1 aromatic heterocycles. The van der Waals surface area contributed by atoms with Crippen LogP contribution in [0, 0.1) is 6.92 Å². The van der Waals surface area contributed by atoms with Crippen LogP contribution in [0.4, 0.5) is 0 Å². The molecule has 6 heteroatoms. The molecule has 1 aromatic carbocycles. The van der Waals surface area contributed by atoms with Crippen molar-refractivity contribution in [2.75, 3.05) is 6.61 Å². The van der Waals surface area contributed by atoms with E-state index in [9.17, 15) is 4.79 Å². The van der Waals surface area contributed by atoms with Gasteiger partial charge in [-0.3, -0.25) is 0 Å². The van der Waals surface area contributed by atoms with Gasteiger partial charge < -0.3 is 14.0 Å². The standard InChI is InChI=1S/C19H24BNO4/c1-7-23-17(22)16-12(2)10-13-11-14(8-9-15(13)21-16)20-24-18(3,4)19(5,6)25-20/h8-11H,7H2,1-6H3. The Hall–Kier alpha value is -1.92. The highest BCUT2D eigenvalue weighted by atomic mass is 16.7. The van der Waals surface area contributed by atoms with Crippen molar-refractivity contribution in [2.24, 2.45) is 0 Å². The molecular formula is C19H24BNO4. The minimum absolute atomic E-state index is 0.332. The first-order chi connectivity index (χ1) is 11.6. The molecule has 5 nitrogen and oxygen atoms in total. The van der Waals surface area contributed by atoms with Crippen molar-refractivity contribution in [1.29, 1.82) is 0 Å². The van der Waals surface area contributed by atoms with Crippen LogP contribution in [-0.4, -0.2) is 35.9 Å². The molecule has 1 saturated heterocycles. The van der Waals surface area contributed by atoms with E-state index in [1.165, 1.54) is 0 Å². The number of carbonyl (C=O) groups excluding carboxylic acids is 1. The van der Waals surface area contributed by atoms with Crippen molar-refractivity contribution in [2.45, 2.75) is 52.7 Å². The third kappa shape index (κ3) is 3.16. The van der Waals surface area contributed by atoms with E-state index in [0.29, 0.717) is 12.3 Å². The van der Waals surface area contributed by atoms with Gasteiger partial charge in [-0.15, -0.1) is 0 Å². The molecule has 132 valence electrons. The Morgan fingerprint density at radius 1 is 1.16 bits per heavy atom. The maximum atomic E-state index is 12.0. The van der Waals surface area contributed by atoms with Gasteiger partial charge in [-0.05, 0) is 64.7 Å². The maximum absolute atomic E-state index is 12.0. The van der Waals surface area contributed by atoms with Crippen LogP contribution in [0.15, 0.2) is 24.3 Å². The number of benzene rings is 1. The Bertz CT molecular complexity index is 816. The largest absolute Gasteiger partial charge is 0.494 e. The molecule has 1 aliphatic heterocycles. The predicted octanol–water partition coefficient (Wildman–Crippen LogP) is 3.02. The molecule has 1 fully saturated rings. The molecule has 0 spiro atoms. The summed E-state index contributed by atoms with van der Waals surface area (Å²) in [4.78, 5) is 16.5.